The molecule has 0 heterocycles. The molecule has 0 aliphatic rings. The van der Waals surface area contributed by atoms with Crippen LogP contribution in [0.5, 0.6) is 0 Å². The molecule has 0 aromatic carbocycles. The van der Waals surface area contributed by atoms with Crippen LogP contribution in [0.3, 0.4) is 0 Å². The van der Waals surface area contributed by atoms with Gasteiger partial charge in [0.05, 0.1) is 17.7 Å². The van der Waals surface area contributed by atoms with Gasteiger partial charge >= 0.3 is 5.97 Å². The van der Waals surface area contributed by atoms with E-state index in [-0.39, 0.29) is 12.5 Å². The molecule has 0 saturated carbocycles. The molecule has 98 valence electrons. The molecule has 0 saturated heterocycles. The summed E-state index contributed by atoms with van der Waals surface area (Å²) in [6.45, 7) is 9.95. The minimum Gasteiger partial charge on any atom is -0.456 e. The molecule has 0 unspecified atom stereocenters. The molecule has 0 rings (SSSR count). The van der Waals surface area contributed by atoms with Crippen molar-refractivity contribution in [1.82, 2.24) is 9.42 Å². The van der Waals surface area contributed by atoms with Crippen LogP contribution in [0.1, 0.15) is 27.7 Å². The van der Waals surface area contributed by atoms with Crippen molar-refractivity contribution in [3.8, 4) is 0 Å². The topological polar surface area (TPSA) is 62.2 Å². The molecule has 6 nitrogen and oxygen atoms in total. The lowest BCUT2D eigenvalue weighted by Gasteiger charge is -2.39. The summed E-state index contributed by atoms with van der Waals surface area (Å²) in [6.07, 6.45) is 0. The summed E-state index contributed by atoms with van der Waals surface area (Å²) in [5.41, 5.74) is -0.441. The average molecular weight is 261 g/mol. The number of nitrogens with zero attached hydrogens (tertiary/aromatic N) is 3. The van der Waals surface area contributed by atoms with Crippen molar-refractivity contribution >= 4 is 30.7 Å². The summed E-state index contributed by atoms with van der Waals surface area (Å²) in [5, 5.41) is 1.47. The van der Waals surface area contributed by atoms with Gasteiger partial charge in [-0.1, -0.05) is 0 Å². The van der Waals surface area contributed by atoms with E-state index in [0.29, 0.717) is 0 Å². The SMILES string of the molecule is C=NSN(C)N(C(=O)COC(C)=O)C(C)(C)C. The number of rotatable bonds is 5. The van der Waals surface area contributed by atoms with Crippen LogP contribution in [0.25, 0.3) is 0 Å². The Balaban J connectivity index is 4.74. The number of hydrazine groups is 1. The maximum Gasteiger partial charge on any atom is 0.303 e. The van der Waals surface area contributed by atoms with Crippen LogP contribution in [0.4, 0.5) is 0 Å². The zero-order valence-corrected chi connectivity index (χ0v) is 11.7. The molecule has 7 heteroatoms. The fraction of sp³-hybridized carbons (Fsp3) is 0.700. The van der Waals surface area contributed by atoms with Crippen LogP contribution in [0.2, 0.25) is 0 Å². The Morgan fingerprint density at radius 2 is 1.94 bits per heavy atom. The number of carbonyl (C=O) groups is 2. The zero-order chi connectivity index (χ0) is 13.6. The monoisotopic (exact) mass is 261 g/mol. The molecule has 0 aromatic heterocycles. The van der Waals surface area contributed by atoms with E-state index in [0.717, 1.165) is 12.1 Å². The second-order valence-electron chi connectivity index (χ2n) is 4.33. The molecule has 0 radical (unpaired) electrons. The summed E-state index contributed by atoms with van der Waals surface area (Å²) in [4.78, 5) is 22.6. The number of esters is 1. The maximum atomic E-state index is 11.9. The molecule has 0 spiro atoms. The summed E-state index contributed by atoms with van der Waals surface area (Å²) in [5.74, 6) is -0.796. The number of carbonyl (C=O) groups excluding carboxylic acids is 2. The lowest BCUT2D eigenvalue weighted by molar-refractivity contribution is -0.160. The number of hydrogen-bond donors (Lipinski definition) is 0. The van der Waals surface area contributed by atoms with E-state index in [2.05, 4.69) is 11.1 Å². The van der Waals surface area contributed by atoms with Crippen molar-refractivity contribution in [2.24, 2.45) is 4.40 Å². The van der Waals surface area contributed by atoms with Gasteiger partial charge in [0.25, 0.3) is 5.91 Å². The Bertz CT molecular complexity index is 302. The molecule has 0 aliphatic heterocycles. The van der Waals surface area contributed by atoms with Crippen molar-refractivity contribution in [2.75, 3.05) is 13.7 Å². The summed E-state index contributed by atoms with van der Waals surface area (Å²) in [7, 11) is 1.69. The average Bonchev–Trinajstić information content (AvgIpc) is 2.12. The van der Waals surface area contributed by atoms with Crippen molar-refractivity contribution in [3.63, 3.8) is 0 Å². The van der Waals surface area contributed by atoms with Gasteiger partial charge in [-0.15, -0.1) is 4.41 Å². The summed E-state index contributed by atoms with van der Waals surface area (Å²) < 4.78 is 9.89. The maximum absolute atomic E-state index is 11.9. The second-order valence-corrected chi connectivity index (χ2v) is 5.28. The van der Waals surface area contributed by atoms with Crippen LogP contribution < -0.4 is 0 Å². The first-order valence-corrected chi connectivity index (χ1v) is 5.76. The normalized spacial score (nSPS) is 11.2. The standard InChI is InChI=1S/C10H19N3O3S/c1-8(14)16-7-9(15)13(10(2,3)4)12(6)17-11-5/h5,7H2,1-4,6H3. The van der Waals surface area contributed by atoms with Gasteiger partial charge in [-0.3, -0.25) is 14.6 Å². The van der Waals surface area contributed by atoms with E-state index in [1.165, 1.54) is 11.9 Å². The molecule has 0 atom stereocenters. The van der Waals surface area contributed by atoms with E-state index in [1.807, 2.05) is 20.8 Å². The first-order valence-electron chi connectivity index (χ1n) is 5.03. The van der Waals surface area contributed by atoms with E-state index >= 15 is 0 Å². The molecule has 0 aliphatic carbocycles. The number of hydrogen-bond acceptors (Lipinski definition) is 6. The first kappa shape index (κ1) is 15.9. The van der Waals surface area contributed by atoms with Crippen LogP contribution in [0.15, 0.2) is 4.40 Å². The van der Waals surface area contributed by atoms with Crippen LogP contribution in [-0.4, -0.2) is 47.2 Å². The Hall–Kier alpha value is -1.08. The smallest absolute Gasteiger partial charge is 0.303 e. The highest BCUT2D eigenvalue weighted by Crippen LogP contribution is 2.21. The van der Waals surface area contributed by atoms with Crippen molar-refractivity contribution < 1.29 is 14.3 Å². The number of amides is 1. The minimum absolute atomic E-state index is 0.283. The van der Waals surface area contributed by atoms with Crippen molar-refractivity contribution in [2.45, 2.75) is 33.2 Å². The quantitative estimate of drug-likeness (QED) is 0.323. The lowest BCUT2D eigenvalue weighted by Crippen LogP contribution is -2.53. The van der Waals surface area contributed by atoms with E-state index in [9.17, 15) is 9.59 Å². The van der Waals surface area contributed by atoms with E-state index in [1.54, 1.807) is 11.5 Å². The molecule has 0 bridgehead atoms. The van der Waals surface area contributed by atoms with Gasteiger partial charge in [0, 0.05) is 20.7 Å². The Labute approximate surface area is 106 Å². The van der Waals surface area contributed by atoms with E-state index < -0.39 is 11.5 Å². The molecular weight excluding hydrogens is 242 g/mol. The third-order valence-electron chi connectivity index (χ3n) is 1.73. The molecule has 0 fully saturated rings. The molecule has 17 heavy (non-hydrogen) atoms. The van der Waals surface area contributed by atoms with Crippen LogP contribution in [0, 0.1) is 0 Å². The third kappa shape index (κ3) is 5.69. The van der Waals surface area contributed by atoms with Crippen molar-refractivity contribution in [1.29, 1.82) is 0 Å². The molecule has 1 amide bonds. The highest BCUT2D eigenvalue weighted by atomic mass is 32.2. The minimum atomic E-state index is -0.482. The largest absolute Gasteiger partial charge is 0.456 e. The fourth-order valence-corrected chi connectivity index (χ4v) is 1.87. The van der Waals surface area contributed by atoms with Gasteiger partial charge in [-0.2, -0.15) is 0 Å². The van der Waals surface area contributed by atoms with Crippen molar-refractivity contribution in [3.05, 3.63) is 0 Å². The third-order valence-corrected chi connectivity index (χ3v) is 2.24. The van der Waals surface area contributed by atoms with Crippen LogP contribution >= 0.6 is 12.1 Å². The Morgan fingerprint density at radius 3 is 2.29 bits per heavy atom. The van der Waals surface area contributed by atoms with Gasteiger partial charge in [0.15, 0.2) is 6.61 Å². The molecular formula is C10H19N3O3S. The van der Waals surface area contributed by atoms with E-state index in [4.69, 9.17) is 4.74 Å². The highest BCUT2D eigenvalue weighted by Gasteiger charge is 2.31. The predicted octanol–water partition coefficient (Wildman–Crippen LogP) is 1.29. The molecule has 0 N–H and O–H groups in total. The fourth-order valence-electron chi connectivity index (χ4n) is 1.30. The Kier molecular flexibility index (Phi) is 6.19. The Morgan fingerprint density at radius 1 is 1.41 bits per heavy atom. The zero-order valence-electron chi connectivity index (χ0n) is 10.9. The predicted molar refractivity (Wildman–Crippen MR) is 68.1 cm³/mol. The van der Waals surface area contributed by atoms with Gasteiger partial charge in [0.2, 0.25) is 0 Å². The summed E-state index contributed by atoms with van der Waals surface area (Å²) in [6, 6.07) is 0. The van der Waals surface area contributed by atoms with Gasteiger partial charge < -0.3 is 4.74 Å². The molecule has 0 aromatic rings. The van der Waals surface area contributed by atoms with Gasteiger partial charge in [-0.25, -0.2) is 4.40 Å². The lowest BCUT2D eigenvalue weighted by atomic mass is 10.1. The van der Waals surface area contributed by atoms with Gasteiger partial charge in [0.1, 0.15) is 0 Å². The second kappa shape index (κ2) is 6.61. The van der Waals surface area contributed by atoms with Crippen LogP contribution in [-0.2, 0) is 14.3 Å². The highest BCUT2D eigenvalue weighted by molar-refractivity contribution is 7.95. The first-order chi connectivity index (χ1) is 7.70. The summed E-state index contributed by atoms with van der Waals surface area (Å²) >= 11 is 1.04. The number of ether oxygens (including phenoxy) is 1. The van der Waals surface area contributed by atoms with Gasteiger partial charge in [-0.05, 0) is 20.8 Å².